The van der Waals surface area contributed by atoms with Gasteiger partial charge in [0.15, 0.2) is 0 Å². The predicted molar refractivity (Wildman–Crippen MR) is 120 cm³/mol. The molecule has 2 aromatic rings. The lowest BCUT2D eigenvalue weighted by atomic mass is 9.99. The lowest BCUT2D eigenvalue weighted by Gasteiger charge is -2.31. The van der Waals surface area contributed by atoms with Crippen LogP contribution in [0.15, 0.2) is 59.5 Å². The number of ether oxygens (including phenoxy) is 1. The molecule has 30 heavy (non-hydrogen) atoms. The third-order valence-corrected chi connectivity index (χ3v) is 8.02. The minimum Gasteiger partial charge on any atom is -0.497 e. The van der Waals surface area contributed by atoms with Gasteiger partial charge in [0.1, 0.15) is 5.75 Å². The minimum atomic E-state index is -3.62. The normalized spacial score (nSPS) is 17.4. The van der Waals surface area contributed by atoms with Crippen molar-refractivity contribution in [2.45, 2.75) is 23.5 Å². The van der Waals surface area contributed by atoms with E-state index >= 15 is 0 Å². The van der Waals surface area contributed by atoms with Crippen molar-refractivity contribution in [2.75, 3.05) is 32.5 Å². The Bertz CT molecular complexity index is 918. The van der Waals surface area contributed by atoms with Crippen LogP contribution < -0.4 is 10.1 Å². The van der Waals surface area contributed by atoms with Crippen LogP contribution in [0.2, 0.25) is 0 Å². The number of piperidine rings is 1. The Morgan fingerprint density at radius 3 is 2.60 bits per heavy atom. The number of methoxy groups -OCH3 is 1. The zero-order chi connectivity index (χ0) is 21.4. The molecule has 1 fully saturated rings. The largest absolute Gasteiger partial charge is 0.497 e. The fourth-order valence-corrected chi connectivity index (χ4v) is 5.77. The van der Waals surface area contributed by atoms with Gasteiger partial charge in [-0.15, -0.1) is 0 Å². The highest BCUT2D eigenvalue weighted by molar-refractivity contribution is 7.98. The van der Waals surface area contributed by atoms with Gasteiger partial charge >= 0.3 is 0 Å². The van der Waals surface area contributed by atoms with Gasteiger partial charge in [0, 0.05) is 31.1 Å². The number of benzene rings is 2. The molecule has 0 radical (unpaired) electrons. The lowest BCUT2D eigenvalue weighted by Crippen LogP contribution is -2.45. The molecule has 0 aliphatic carbocycles. The number of thioether (sulfide) groups is 1. The molecule has 1 aliphatic rings. The first kappa shape index (κ1) is 22.7. The van der Waals surface area contributed by atoms with Crippen LogP contribution in [0.5, 0.6) is 5.75 Å². The molecule has 3 rings (SSSR count). The molecule has 1 saturated heterocycles. The summed E-state index contributed by atoms with van der Waals surface area (Å²) in [6.07, 6.45) is 1.38. The van der Waals surface area contributed by atoms with Crippen LogP contribution in [0.3, 0.4) is 0 Å². The van der Waals surface area contributed by atoms with E-state index in [-0.39, 0.29) is 23.3 Å². The van der Waals surface area contributed by atoms with E-state index in [4.69, 9.17) is 4.74 Å². The average molecular weight is 449 g/mol. The van der Waals surface area contributed by atoms with E-state index in [1.165, 1.54) is 17.0 Å². The maximum absolute atomic E-state index is 12.9. The number of hydrogen-bond acceptors (Lipinski definition) is 5. The zero-order valence-corrected chi connectivity index (χ0v) is 18.8. The second kappa shape index (κ2) is 10.8. The van der Waals surface area contributed by atoms with Crippen LogP contribution in [-0.4, -0.2) is 51.1 Å². The summed E-state index contributed by atoms with van der Waals surface area (Å²) in [7, 11) is -2.08. The number of hydrogen-bond donors (Lipinski definition) is 1. The molecule has 8 heteroatoms. The highest BCUT2D eigenvalue weighted by atomic mass is 32.2. The van der Waals surface area contributed by atoms with Gasteiger partial charge in [-0.1, -0.05) is 30.3 Å². The SMILES string of the molecule is COc1ccc(S(=O)(=O)N2CCC[C@H](C(=O)NCCSCc3ccccc3)C2)cc1. The van der Waals surface area contributed by atoms with E-state index in [2.05, 4.69) is 17.4 Å². The fraction of sp³-hybridized carbons (Fsp3) is 0.409. The Balaban J connectivity index is 1.47. The van der Waals surface area contributed by atoms with Crippen molar-refractivity contribution in [1.29, 1.82) is 0 Å². The smallest absolute Gasteiger partial charge is 0.243 e. The molecule has 0 saturated carbocycles. The number of sulfonamides is 1. The fourth-order valence-electron chi connectivity index (χ4n) is 3.43. The molecule has 0 bridgehead atoms. The molecule has 1 amide bonds. The van der Waals surface area contributed by atoms with E-state index in [0.717, 1.165) is 11.5 Å². The predicted octanol–water partition coefficient (Wildman–Crippen LogP) is 3.15. The van der Waals surface area contributed by atoms with Crippen LogP contribution in [0.1, 0.15) is 18.4 Å². The average Bonchev–Trinajstić information content (AvgIpc) is 2.79. The van der Waals surface area contributed by atoms with Crippen LogP contribution in [0.25, 0.3) is 0 Å². The highest BCUT2D eigenvalue weighted by Gasteiger charge is 2.33. The van der Waals surface area contributed by atoms with E-state index < -0.39 is 10.0 Å². The van der Waals surface area contributed by atoms with Gasteiger partial charge in [-0.25, -0.2) is 8.42 Å². The lowest BCUT2D eigenvalue weighted by molar-refractivity contribution is -0.125. The standard InChI is InChI=1S/C22H28N2O4S2/c1-28-20-9-11-21(12-10-20)30(26,27)24-14-5-8-19(16-24)22(25)23-13-15-29-17-18-6-3-2-4-7-18/h2-4,6-7,9-12,19H,5,8,13-17H2,1H3,(H,23,25)/t19-/m0/s1. The van der Waals surface area contributed by atoms with Crippen molar-refractivity contribution >= 4 is 27.7 Å². The Hall–Kier alpha value is -2.03. The van der Waals surface area contributed by atoms with Crippen molar-refractivity contribution in [3.8, 4) is 5.75 Å². The van der Waals surface area contributed by atoms with Gasteiger partial charge in [-0.3, -0.25) is 4.79 Å². The van der Waals surface area contributed by atoms with Gasteiger partial charge in [-0.2, -0.15) is 16.1 Å². The second-order valence-electron chi connectivity index (χ2n) is 7.21. The van der Waals surface area contributed by atoms with E-state index in [1.54, 1.807) is 36.0 Å². The summed E-state index contributed by atoms with van der Waals surface area (Å²) in [6.45, 7) is 1.24. The molecule has 1 atom stereocenters. The maximum Gasteiger partial charge on any atom is 0.243 e. The monoisotopic (exact) mass is 448 g/mol. The molecule has 0 unspecified atom stereocenters. The van der Waals surface area contributed by atoms with Crippen molar-refractivity contribution in [2.24, 2.45) is 5.92 Å². The van der Waals surface area contributed by atoms with E-state index in [1.807, 2.05) is 18.2 Å². The summed E-state index contributed by atoms with van der Waals surface area (Å²) in [4.78, 5) is 12.8. The number of amides is 1. The number of carbonyl (C=O) groups is 1. The number of nitrogens with zero attached hydrogens (tertiary/aromatic N) is 1. The molecular weight excluding hydrogens is 420 g/mol. The van der Waals surface area contributed by atoms with Gasteiger partial charge < -0.3 is 10.1 Å². The van der Waals surface area contributed by atoms with Gasteiger partial charge in [0.05, 0.1) is 17.9 Å². The summed E-state index contributed by atoms with van der Waals surface area (Å²) < 4.78 is 32.4. The number of rotatable bonds is 9. The summed E-state index contributed by atoms with van der Waals surface area (Å²) in [5, 5.41) is 2.97. The first-order valence-corrected chi connectivity index (χ1v) is 12.6. The molecule has 0 aromatic heterocycles. The summed E-state index contributed by atoms with van der Waals surface area (Å²) in [6, 6.07) is 16.6. The highest BCUT2D eigenvalue weighted by Crippen LogP contribution is 2.25. The van der Waals surface area contributed by atoms with Crippen molar-refractivity contribution < 1.29 is 17.9 Å². The summed E-state index contributed by atoms with van der Waals surface area (Å²) in [5.74, 6) is 1.96. The molecule has 1 heterocycles. The maximum atomic E-state index is 12.9. The van der Waals surface area contributed by atoms with Gasteiger partial charge in [0.25, 0.3) is 0 Å². The quantitative estimate of drug-likeness (QED) is 0.597. The van der Waals surface area contributed by atoms with Crippen LogP contribution in [0.4, 0.5) is 0 Å². The molecule has 6 nitrogen and oxygen atoms in total. The Morgan fingerprint density at radius 2 is 1.90 bits per heavy atom. The van der Waals surface area contributed by atoms with Gasteiger partial charge in [0.2, 0.25) is 15.9 Å². The first-order chi connectivity index (χ1) is 14.5. The molecule has 162 valence electrons. The summed E-state index contributed by atoms with van der Waals surface area (Å²) in [5.41, 5.74) is 1.26. The topological polar surface area (TPSA) is 75.7 Å². The van der Waals surface area contributed by atoms with E-state index in [9.17, 15) is 13.2 Å². The Labute approximate surface area is 183 Å². The number of carbonyl (C=O) groups excluding carboxylic acids is 1. The van der Waals surface area contributed by atoms with Crippen LogP contribution >= 0.6 is 11.8 Å². The van der Waals surface area contributed by atoms with Crippen LogP contribution in [-0.2, 0) is 20.6 Å². The third-order valence-electron chi connectivity index (χ3n) is 5.11. The summed E-state index contributed by atoms with van der Waals surface area (Å²) >= 11 is 1.77. The Morgan fingerprint density at radius 1 is 1.17 bits per heavy atom. The minimum absolute atomic E-state index is 0.0649. The van der Waals surface area contributed by atoms with Crippen molar-refractivity contribution in [3.05, 3.63) is 60.2 Å². The van der Waals surface area contributed by atoms with Crippen molar-refractivity contribution in [3.63, 3.8) is 0 Å². The molecule has 1 aliphatic heterocycles. The first-order valence-electron chi connectivity index (χ1n) is 10.0. The molecule has 0 spiro atoms. The Kier molecular flexibility index (Phi) is 8.18. The van der Waals surface area contributed by atoms with Gasteiger partial charge in [-0.05, 0) is 42.7 Å². The molecular formula is C22H28N2O4S2. The molecule has 1 N–H and O–H groups in total. The second-order valence-corrected chi connectivity index (χ2v) is 10.3. The zero-order valence-electron chi connectivity index (χ0n) is 17.1. The number of nitrogens with one attached hydrogen (secondary N) is 1. The molecule has 2 aromatic carbocycles. The van der Waals surface area contributed by atoms with Crippen LogP contribution in [0, 0.1) is 5.92 Å². The van der Waals surface area contributed by atoms with Crippen molar-refractivity contribution in [1.82, 2.24) is 9.62 Å². The van der Waals surface area contributed by atoms with E-state index in [0.29, 0.717) is 31.7 Å². The third kappa shape index (κ3) is 6.00.